The van der Waals surface area contributed by atoms with Crippen LogP contribution < -0.4 is 16.6 Å². The van der Waals surface area contributed by atoms with Gasteiger partial charge in [-0.1, -0.05) is 18.2 Å². The molecule has 3 aliphatic rings. The Morgan fingerprint density at radius 3 is 2.58 bits per heavy atom. The third kappa shape index (κ3) is 4.11. The number of fused-ring (bicyclic) bond motifs is 2. The molecule has 0 bridgehead atoms. The van der Waals surface area contributed by atoms with Crippen molar-refractivity contribution in [1.29, 1.82) is 0 Å². The van der Waals surface area contributed by atoms with Crippen molar-refractivity contribution in [2.45, 2.75) is 69.1 Å². The van der Waals surface area contributed by atoms with Crippen molar-refractivity contribution in [2.75, 3.05) is 6.54 Å². The van der Waals surface area contributed by atoms with E-state index in [2.05, 4.69) is 19.9 Å². The number of nitrogens with one attached hydrogen (secondary N) is 2. The van der Waals surface area contributed by atoms with Crippen LogP contribution in [0.2, 0.25) is 0 Å². The zero-order valence-electron chi connectivity index (χ0n) is 21.8. The fourth-order valence-corrected chi connectivity index (χ4v) is 6.25. The van der Waals surface area contributed by atoms with E-state index < -0.39 is 28.3 Å². The highest BCUT2D eigenvalue weighted by Gasteiger charge is 2.52. The topological polar surface area (TPSA) is 127 Å². The van der Waals surface area contributed by atoms with Crippen molar-refractivity contribution in [3.8, 4) is 0 Å². The normalized spacial score (nSPS) is 21.6. The Bertz CT molecular complexity index is 1650. The van der Waals surface area contributed by atoms with E-state index in [1.54, 1.807) is 18.3 Å². The molecule has 1 aromatic heterocycles. The predicted octanol–water partition coefficient (Wildman–Crippen LogP) is 2.47. The van der Waals surface area contributed by atoms with Crippen molar-refractivity contribution in [2.24, 2.45) is 9.50 Å². The van der Waals surface area contributed by atoms with Gasteiger partial charge in [-0.2, -0.15) is 17.9 Å². The smallest absolute Gasteiger partial charge is 0.399 e. The summed E-state index contributed by atoms with van der Waals surface area (Å²) in [6.07, 6.45) is 4.81. The van der Waals surface area contributed by atoms with Crippen molar-refractivity contribution in [1.82, 2.24) is 15.0 Å². The lowest BCUT2D eigenvalue weighted by Gasteiger charge is -2.32. The van der Waals surface area contributed by atoms with Crippen LogP contribution in [-0.2, 0) is 19.3 Å². The first-order chi connectivity index (χ1) is 18.0. The number of hydrazone groups is 1. The van der Waals surface area contributed by atoms with Crippen LogP contribution in [0.15, 0.2) is 55.6 Å². The molecule has 2 aliphatic heterocycles. The Labute approximate surface area is 221 Å². The third-order valence-electron chi connectivity index (χ3n) is 8.08. The van der Waals surface area contributed by atoms with E-state index in [0.29, 0.717) is 16.7 Å². The summed E-state index contributed by atoms with van der Waals surface area (Å²) < 4.78 is 43.6. The molecule has 1 saturated carbocycles. The van der Waals surface area contributed by atoms with E-state index in [0.717, 1.165) is 35.9 Å². The lowest BCUT2D eigenvalue weighted by atomic mass is 9.78. The number of rotatable bonds is 6. The van der Waals surface area contributed by atoms with Gasteiger partial charge in [0.1, 0.15) is 0 Å². The van der Waals surface area contributed by atoms with Gasteiger partial charge in [-0.25, -0.2) is 4.79 Å². The van der Waals surface area contributed by atoms with Gasteiger partial charge in [-0.05, 0) is 76.2 Å². The summed E-state index contributed by atoms with van der Waals surface area (Å²) >= 11 is 0. The van der Waals surface area contributed by atoms with E-state index in [1.807, 2.05) is 56.5 Å². The summed E-state index contributed by atoms with van der Waals surface area (Å²) in [6, 6.07) is 11.1. The minimum absolute atomic E-state index is 0.0855. The van der Waals surface area contributed by atoms with Gasteiger partial charge in [0.2, 0.25) is 0 Å². The fraction of sp³-hybridized carbons (Fsp3) is 0.423. The average molecular weight is 535 g/mol. The molecule has 0 amide bonds. The van der Waals surface area contributed by atoms with Crippen LogP contribution in [0.5, 0.6) is 0 Å². The highest BCUT2D eigenvalue weighted by Crippen LogP contribution is 2.37. The second-order valence-electron chi connectivity index (χ2n) is 11.1. The van der Waals surface area contributed by atoms with Crippen LogP contribution in [0.3, 0.4) is 0 Å². The molecule has 2 aromatic carbocycles. The van der Waals surface area contributed by atoms with Gasteiger partial charge in [-0.3, -0.25) is 4.57 Å². The number of benzene rings is 2. The first kappa shape index (κ1) is 25.1. The van der Waals surface area contributed by atoms with E-state index in [9.17, 15) is 13.2 Å². The summed E-state index contributed by atoms with van der Waals surface area (Å²) in [7, 11) is -4.50. The van der Waals surface area contributed by atoms with Crippen LogP contribution >= 0.6 is 0 Å². The molecule has 6 rings (SSSR count). The van der Waals surface area contributed by atoms with Crippen LogP contribution in [0.1, 0.15) is 64.1 Å². The number of hydrogen-bond acceptors (Lipinski definition) is 7. The molecule has 0 radical (unpaired) electrons. The summed E-state index contributed by atoms with van der Waals surface area (Å²) in [5, 5.41) is 4.27. The van der Waals surface area contributed by atoms with Gasteiger partial charge in [-0.15, -0.1) is 0 Å². The van der Waals surface area contributed by atoms with Gasteiger partial charge < -0.3 is 19.7 Å². The van der Waals surface area contributed by atoms with Gasteiger partial charge in [0.15, 0.2) is 0 Å². The van der Waals surface area contributed by atoms with Crippen LogP contribution in [-0.4, -0.2) is 54.8 Å². The highest BCUT2D eigenvalue weighted by atomic mass is 32.2. The number of hydrogen-bond donors (Lipinski definition) is 2. The zero-order valence-corrected chi connectivity index (χ0v) is 22.6. The lowest BCUT2D eigenvalue weighted by Crippen LogP contribution is -2.41. The molecule has 0 spiro atoms. The average Bonchev–Trinajstić information content (AvgIpc) is 3.35. The van der Waals surface area contributed by atoms with Crippen LogP contribution in [0.25, 0.3) is 11.0 Å². The van der Waals surface area contributed by atoms with Crippen LogP contribution in [0.4, 0.5) is 0 Å². The second-order valence-corrected chi connectivity index (χ2v) is 12.7. The Morgan fingerprint density at radius 1 is 1.16 bits per heavy atom. The van der Waals surface area contributed by atoms with Gasteiger partial charge in [0.25, 0.3) is 10.0 Å². The molecule has 0 unspecified atom stereocenters. The number of sulfonamides is 1. The summed E-state index contributed by atoms with van der Waals surface area (Å²) in [5.41, 5.74) is 5.81. The van der Waals surface area contributed by atoms with Crippen molar-refractivity contribution >= 4 is 45.6 Å². The van der Waals surface area contributed by atoms with E-state index in [1.165, 1.54) is 0 Å². The van der Waals surface area contributed by atoms with Crippen molar-refractivity contribution in [3.05, 3.63) is 58.0 Å². The molecule has 12 heteroatoms. The molecule has 2 fully saturated rings. The molecule has 1 saturated heterocycles. The fourth-order valence-electron chi connectivity index (χ4n) is 4.95. The number of imidazole rings is 1. The molecule has 198 valence electrons. The molecule has 2 N–H and O–H groups in total. The van der Waals surface area contributed by atoms with Crippen LogP contribution in [0, 0.1) is 0 Å². The van der Waals surface area contributed by atoms with Gasteiger partial charge in [0.05, 0.1) is 45.6 Å². The summed E-state index contributed by atoms with van der Waals surface area (Å²) in [5.74, 6) is 0. The Hall–Kier alpha value is -3.22. The number of nitrogens with zero attached hydrogens (tertiary/aromatic N) is 3. The molecule has 3 heterocycles. The minimum Gasteiger partial charge on any atom is -0.399 e. The first-order valence-electron chi connectivity index (χ1n) is 12.8. The maximum atomic E-state index is 12.8. The Balaban J connectivity index is 1.17. The first-order valence-corrected chi connectivity index (χ1v) is 14.2. The maximum absolute atomic E-state index is 12.8. The van der Waals surface area contributed by atoms with Crippen molar-refractivity contribution < 1.29 is 17.7 Å². The lowest BCUT2D eigenvalue weighted by molar-refractivity contribution is 0.00578. The predicted molar refractivity (Wildman–Crippen MR) is 147 cm³/mol. The molecular weight excluding hydrogens is 505 g/mol. The third-order valence-corrected chi connectivity index (χ3v) is 9.44. The number of aromatic amines is 1. The standard InChI is InChI=1S/C26H30BN5O5S/c1-25(2)26(3,4)37-27(36-25)17-9-10-19-21(31-38(34,35)23(19)13-17)15-29-28-14-16-8-11-20-22(12-16)32(24(33)30-20)18-6-5-7-18/h8-14,18,29H,5-7,15H2,1-4H3,(H,30,33)/b28-14+. The zero-order chi connectivity index (χ0) is 26.9. The molecular formula is C26H30BN5O5S. The van der Waals surface area contributed by atoms with Crippen molar-refractivity contribution in [3.63, 3.8) is 0 Å². The summed E-state index contributed by atoms with van der Waals surface area (Å²) in [4.78, 5) is 15.4. The SMILES string of the molecule is CC1(C)OB(c2ccc3c(c2)S(=O)(=O)N=C3CN/N=C/c2ccc3[nH]c(=O)n(C4CCC4)c3c2)OC1(C)C. The van der Waals surface area contributed by atoms with E-state index in [-0.39, 0.29) is 23.2 Å². The molecule has 1 aliphatic carbocycles. The molecule has 10 nitrogen and oxygen atoms in total. The Kier molecular flexibility index (Phi) is 5.71. The minimum atomic E-state index is -3.84. The van der Waals surface area contributed by atoms with E-state index in [4.69, 9.17) is 9.31 Å². The molecule has 3 aromatic rings. The number of aromatic nitrogens is 2. The highest BCUT2D eigenvalue weighted by molar-refractivity contribution is 7.90. The van der Waals surface area contributed by atoms with Gasteiger partial charge >= 0.3 is 12.8 Å². The largest absolute Gasteiger partial charge is 0.494 e. The second kappa shape index (κ2) is 8.65. The summed E-state index contributed by atoms with van der Waals surface area (Å²) in [6.45, 7) is 7.95. The monoisotopic (exact) mass is 535 g/mol. The maximum Gasteiger partial charge on any atom is 0.494 e. The Morgan fingerprint density at radius 2 is 1.89 bits per heavy atom. The quantitative estimate of drug-likeness (QED) is 0.284. The molecule has 0 atom stereocenters. The van der Waals surface area contributed by atoms with Gasteiger partial charge in [0, 0.05) is 11.6 Å². The molecule has 38 heavy (non-hydrogen) atoms. The number of H-pyrrole nitrogens is 1. The van der Waals surface area contributed by atoms with E-state index >= 15 is 0 Å².